The molecule has 218 valence electrons. The Morgan fingerprint density at radius 3 is 2.15 bits per heavy atom. The number of carbonyl (C=O) groups is 4. The van der Waals surface area contributed by atoms with E-state index in [1.165, 1.54) is 31.1 Å². The molecule has 12 heteroatoms. The summed E-state index contributed by atoms with van der Waals surface area (Å²) in [6, 6.07) is 3.23. The summed E-state index contributed by atoms with van der Waals surface area (Å²) < 4.78 is 26.7. The van der Waals surface area contributed by atoms with Crippen LogP contribution in [0.5, 0.6) is 17.2 Å². The number of esters is 1. The van der Waals surface area contributed by atoms with Crippen molar-refractivity contribution in [1.29, 1.82) is 0 Å². The third kappa shape index (κ3) is 8.39. The van der Waals surface area contributed by atoms with Gasteiger partial charge in [0.05, 0.1) is 40.0 Å². The van der Waals surface area contributed by atoms with Gasteiger partial charge in [-0.2, -0.15) is 0 Å². The smallest absolute Gasteiger partial charge is 0.410 e. The second-order valence-electron chi connectivity index (χ2n) is 10.3. The Balaban J connectivity index is 2.49. The van der Waals surface area contributed by atoms with Crippen molar-refractivity contribution >= 4 is 23.9 Å². The quantitative estimate of drug-likeness (QED) is 0.321. The Hall–Kier alpha value is -3.70. The molecule has 1 aliphatic heterocycles. The second-order valence-corrected chi connectivity index (χ2v) is 10.3. The number of hydrogen-bond acceptors (Lipinski definition) is 9. The van der Waals surface area contributed by atoms with Crippen LogP contribution < -0.4 is 14.2 Å². The number of benzene rings is 1. The molecule has 0 radical (unpaired) electrons. The Labute approximate surface area is 229 Å². The third-order valence-corrected chi connectivity index (χ3v) is 6.30. The van der Waals surface area contributed by atoms with Crippen LogP contribution in [0.1, 0.15) is 52.5 Å². The summed E-state index contributed by atoms with van der Waals surface area (Å²) in [6.07, 6.45) is -0.613. The molecule has 0 aromatic heterocycles. The predicted octanol–water partition coefficient (Wildman–Crippen LogP) is 3.10. The fourth-order valence-electron chi connectivity index (χ4n) is 4.45. The number of nitrogens with zero attached hydrogens (tertiary/aromatic N) is 2. The standard InChI is InChI=1S/C27H40N2O10/c1-8-38-23(31)14-22(30)29(15-19-20(36-6)12-18(35-5)13-21(19)37-7)17-27(24(32)33)10-9-11-28(16-27)25(34)39-26(2,3)4/h12-13H,8-11,14-17H2,1-7H3,(H,32,33). The van der Waals surface area contributed by atoms with Gasteiger partial charge < -0.3 is 38.6 Å². The van der Waals surface area contributed by atoms with Gasteiger partial charge in [0, 0.05) is 31.8 Å². The van der Waals surface area contributed by atoms with Crippen LogP contribution in [0.15, 0.2) is 12.1 Å². The molecule has 2 rings (SSSR count). The van der Waals surface area contributed by atoms with Crippen LogP contribution in [0.25, 0.3) is 0 Å². The summed E-state index contributed by atoms with van der Waals surface area (Å²) in [5, 5.41) is 10.4. The van der Waals surface area contributed by atoms with Gasteiger partial charge in [-0.3, -0.25) is 14.4 Å². The van der Waals surface area contributed by atoms with Gasteiger partial charge in [-0.25, -0.2) is 4.79 Å². The minimum absolute atomic E-state index is 0.0934. The Morgan fingerprint density at radius 2 is 1.67 bits per heavy atom. The van der Waals surface area contributed by atoms with E-state index in [9.17, 15) is 24.3 Å². The van der Waals surface area contributed by atoms with Crippen molar-refractivity contribution in [3.63, 3.8) is 0 Å². The molecule has 2 amide bonds. The number of likely N-dealkylation sites (tertiary alicyclic amines) is 1. The normalized spacial score (nSPS) is 17.2. The number of aliphatic carboxylic acids is 1. The van der Waals surface area contributed by atoms with Crippen molar-refractivity contribution in [3.8, 4) is 17.2 Å². The van der Waals surface area contributed by atoms with Crippen LogP contribution in [0.3, 0.4) is 0 Å². The number of methoxy groups -OCH3 is 3. The molecule has 1 aliphatic rings. The topological polar surface area (TPSA) is 141 Å². The first-order valence-electron chi connectivity index (χ1n) is 12.7. The van der Waals surface area contributed by atoms with Crippen molar-refractivity contribution in [2.45, 2.75) is 59.1 Å². The molecule has 1 atom stereocenters. The molecule has 0 aliphatic carbocycles. The highest BCUT2D eigenvalue weighted by Gasteiger charge is 2.47. The Bertz CT molecular complexity index is 1030. The lowest BCUT2D eigenvalue weighted by Crippen LogP contribution is -2.56. The van der Waals surface area contributed by atoms with Gasteiger partial charge in [0.1, 0.15) is 34.7 Å². The van der Waals surface area contributed by atoms with E-state index in [-0.39, 0.29) is 32.7 Å². The van der Waals surface area contributed by atoms with E-state index >= 15 is 0 Å². The van der Waals surface area contributed by atoms with Crippen molar-refractivity contribution < 1.29 is 48.0 Å². The van der Waals surface area contributed by atoms with Crippen LogP contribution in [0.2, 0.25) is 0 Å². The highest BCUT2D eigenvalue weighted by molar-refractivity contribution is 5.94. The molecule has 0 bridgehead atoms. The number of carbonyl (C=O) groups excluding carboxylic acids is 3. The Morgan fingerprint density at radius 1 is 1.05 bits per heavy atom. The summed E-state index contributed by atoms with van der Waals surface area (Å²) in [7, 11) is 4.38. The molecule has 1 unspecified atom stereocenters. The van der Waals surface area contributed by atoms with E-state index < -0.39 is 41.4 Å². The van der Waals surface area contributed by atoms with Gasteiger partial charge in [0.25, 0.3) is 0 Å². The highest BCUT2D eigenvalue weighted by atomic mass is 16.6. The number of carboxylic acid groups (broad SMARTS) is 1. The van der Waals surface area contributed by atoms with Crippen molar-refractivity contribution in [2.75, 3.05) is 47.6 Å². The van der Waals surface area contributed by atoms with Gasteiger partial charge in [0.15, 0.2) is 0 Å². The van der Waals surface area contributed by atoms with E-state index in [1.54, 1.807) is 39.8 Å². The van der Waals surface area contributed by atoms with Gasteiger partial charge in [-0.1, -0.05) is 0 Å². The minimum Gasteiger partial charge on any atom is -0.496 e. The number of amides is 2. The maximum atomic E-state index is 13.4. The van der Waals surface area contributed by atoms with Crippen molar-refractivity contribution in [2.24, 2.45) is 5.41 Å². The zero-order chi connectivity index (χ0) is 29.4. The first-order valence-corrected chi connectivity index (χ1v) is 12.7. The average Bonchev–Trinajstić information content (AvgIpc) is 2.87. The summed E-state index contributed by atoms with van der Waals surface area (Å²) in [5.74, 6) is -1.38. The first-order chi connectivity index (χ1) is 18.3. The van der Waals surface area contributed by atoms with E-state index in [2.05, 4.69) is 0 Å². The molecule has 0 saturated carbocycles. The molecular formula is C27H40N2O10. The lowest BCUT2D eigenvalue weighted by atomic mass is 9.79. The largest absolute Gasteiger partial charge is 0.496 e. The molecule has 1 heterocycles. The molecule has 1 aromatic carbocycles. The number of hydrogen-bond donors (Lipinski definition) is 1. The van der Waals surface area contributed by atoms with Crippen LogP contribution in [0.4, 0.5) is 4.79 Å². The number of carboxylic acids is 1. The zero-order valence-electron chi connectivity index (χ0n) is 23.8. The van der Waals surface area contributed by atoms with Crippen LogP contribution in [0, 0.1) is 5.41 Å². The van der Waals surface area contributed by atoms with Crippen LogP contribution in [-0.4, -0.2) is 92.0 Å². The van der Waals surface area contributed by atoms with E-state index in [0.29, 0.717) is 35.8 Å². The highest BCUT2D eigenvalue weighted by Crippen LogP contribution is 2.37. The SMILES string of the molecule is CCOC(=O)CC(=O)N(Cc1c(OC)cc(OC)cc1OC)CC1(C(=O)O)CCCN(C(=O)OC(C)(C)C)C1. The lowest BCUT2D eigenvalue weighted by molar-refractivity contribution is -0.156. The van der Waals surface area contributed by atoms with Gasteiger partial charge in [-0.05, 0) is 40.5 Å². The zero-order valence-corrected chi connectivity index (χ0v) is 23.8. The second kappa shape index (κ2) is 13.4. The molecule has 1 aromatic rings. The van der Waals surface area contributed by atoms with E-state index in [1.807, 2.05) is 0 Å². The van der Waals surface area contributed by atoms with E-state index in [0.717, 1.165) is 0 Å². The summed E-state index contributed by atoms with van der Waals surface area (Å²) in [6.45, 7) is 6.64. The maximum absolute atomic E-state index is 13.4. The molecule has 1 N–H and O–H groups in total. The summed E-state index contributed by atoms with van der Waals surface area (Å²) >= 11 is 0. The maximum Gasteiger partial charge on any atom is 0.410 e. The number of rotatable bonds is 11. The molecule has 1 saturated heterocycles. The molecule has 1 fully saturated rings. The fraction of sp³-hybridized carbons (Fsp3) is 0.630. The van der Waals surface area contributed by atoms with Gasteiger partial charge in [-0.15, -0.1) is 0 Å². The molecule has 0 spiro atoms. The number of ether oxygens (including phenoxy) is 5. The lowest BCUT2D eigenvalue weighted by Gasteiger charge is -2.42. The first kappa shape index (κ1) is 31.5. The van der Waals surface area contributed by atoms with Crippen molar-refractivity contribution in [3.05, 3.63) is 17.7 Å². The third-order valence-electron chi connectivity index (χ3n) is 6.30. The van der Waals surface area contributed by atoms with Gasteiger partial charge in [0.2, 0.25) is 5.91 Å². The molecule has 39 heavy (non-hydrogen) atoms. The summed E-state index contributed by atoms with van der Waals surface area (Å²) in [5.41, 5.74) is -1.81. The minimum atomic E-state index is -1.51. The van der Waals surface area contributed by atoms with Crippen molar-refractivity contribution in [1.82, 2.24) is 9.80 Å². The van der Waals surface area contributed by atoms with Crippen LogP contribution in [-0.2, 0) is 30.4 Å². The molecular weight excluding hydrogens is 512 g/mol. The predicted molar refractivity (Wildman–Crippen MR) is 140 cm³/mol. The van der Waals surface area contributed by atoms with E-state index in [4.69, 9.17) is 23.7 Å². The average molecular weight is 553 g/mol. The number of piperidine rings is 1. The van der Waals surface area contributed by atoms with Crippen LogP contribution >= 0.6 is 0 Å². The fourth-order valence-corrected chi connectivity index (χ4v) is 4.45. The summed E-state index contributed by atoms with van der Waals surface area (Å²) in [4.78, 5) is 53.8. The Kier molecular flexibility index (Phi) is 10.8. The van der Waals surface area contributed by atoms with Gasteiger partial charge >= 0.3 is 18.0 Å². The molecule has 12 nitrogen and oxygen atoms in total. The monoisotopic (exact) mass is 552 g/mol.